The monoisotopic (exact) mass is 291 g/mol. The van der Waals surface area contributed by atoms with Crippen molar-refractivity contribution in [2.75, 3.05) is 18.1 Å². The zero-order valence-electron chi connectivity index (χ0n) is 11.8. The molecule has 0 aromatic carbocycles. The van der Waals surface area contributed by atoms with Gasteiger partial charge in [0.15, 0.2) is 9.84 Å². The number of hydrogen-bond acceptors (Lipinski definition) is 4. The number of carboxylic acids is 1. The average molecular weight is 291 g/mol. The Bertz CT molecular complexity index is 393. The van der Waals surface area contributed by atoms with Crippen LogP contribution in [0.1, 0.15) is 46.0 Å². The number of unbranched alkanes of at least 4 members (excludes halogenated alkanes) is 1. The largest absolute Gasteiger partial charge is 0.480 e. The second kappa shape index (κ2) is 7.24. The van der Waals surface area contributed by atoms with Gasteiger partial charge in [0.05, 0.1) is 18.1 Å². The molecule has 1 rings (SSSR count). The number of nitrogens with zero attached hydrogens (tertiary/aromatic N) is 1. The predicted octanol–water partition coefficient (Wildman–Crippen LogP) is 1.53. The number of rotatable bonds is 8. The average Bonchev–Trinajstić information content (AvgIpc) is 2.68. The molecule has 0 bridgehead atoms. The van der Waals surface area contributed by atoms with E-state index in [9.17, 15) is 13.2 Å². The van der Waals surface area contributed by atoms with Crippen molar-refractivity contribution in [1.29, 1.82) is 0 Å². The lowest BCUT2D eigenvalue weighted by molar-refractivity contribution is -0.139. The van der Waals surface area contributed by atoms with Crippen LogP contribution in [0.15, 0.2) is 0 Å². The Balaban J connectivity index is 2.78. The van der Waals surface area contributed by atoms with Gasteiger partial charge in [-0.1, -0.05) is 26.7 Å². The number of carbonyl (C=O) groups is 1. The smallest absolute Gasteiger partial charge is 0.317 e. The summed E-state index contributed by atoms with van der Waals surface area (Å²) in [5, 5.41) is 9.05. The third-order valence-electron chi connectivity index (χ3n) is 3.83. The molecule has 5 nitrogen and oxygen atoms in total. The molecule has 0 aromatic rings. The van der Waals surface area contributed by atoms with Crippen LogP contribution < -0.4 is 0 Å². The van der Waals surface area contributed by atoms with Crippen LogP contribution in [0.2, 0.25) is 0 Å². The van der Waals surface area contributed by atoms with E-state index in [2.05, 4.69) is 6.92 Å². The fourth-order valence-electron chi connectivity index (χ4n) is 2.79. The first-order valence-electron chi connectivity index (χ1n) is 7.07. The lowest BCUT2D eigenvalue weighted by Crippen LogP contribution is -2.46. The molecule has 2 atom stereocenters. The van der Waals surface area contributed by atoms with Crippen LogP contribution in [0.5, 0.6) is 0 Å². The summed E-state index contributed by atoms with van der Waals surface area (Å²) in [6, 6.07) is 0.0530. The van der Waals surface area contributed by atoms with Crippen LogP contribution in [0.25, 0.3) is 0 Å². The first-order valence-corrected chi connectivity index (χ1v) is 8.89. The molecule has 0 spiro atoms. The van der Waals surface area contributed by atoms with Crippen molar-refractivity contribution in [2.24, 2.45) is 0 Å². The molecular weight excluding hydrogens is 266 g/mol. The van der Waals surface area contributed by atoms with Crippen LogP contribution in [0, 0.1) is 0 Å². The van der Waals surface area contributed by atoms with E-state index in [-0.39, 0.29) is 30.1 Å². The van der Waals surface area contributed by atoms with Crippen molar-refractivity contribution in [3.8, 4) is 0 Å². The highest BCUT2D eigenvalue weighted by Crippen LogP contribution is 2.23. The van der Waals surface area contributed by atoms with Crippen LogP contribution >= 0.6 is 0 Å². The summed E-state index contributed by atoms with van der Waals surface area (Å²) in [7, 11) is -2.97. The van der Waals surface area contributed by atoms with Crippen LogP contribution in [-0.4, -0.2) is 54.5 Å². The Hall–Kier alpha value is -0.620. The minimum Gasteiger partial charge on any atom is -0.480 e. The maximum atomic E-state index is 11.6. The third kappa shape index (κ3) is 5.10. The van der Waals surface area contributed by atoms with E-state index >= 15 is 0 Å². The molecule has 0 amide bonds. The van der Waals surface area contributed by atoms with Crippen LogP contribution in [0.4, 0.5) is 0 Å². The molecule has 19 heavy (non-hydrogen) atoms. The normalized spacial score (nSPS) is 23.6. The van der Waals surface area contributed by atoms with Gasteiger partial charge in [0.2, 0.25) is 0 Å². The summed E-state index contributed by atoms with van der Waals surface area (Å²) in [5.74, 6) is -0.569. The molecule has 0 saturated carbocycles. The van der Waals surface area contributed by atoms with Gasteiger partial charge in [-0.25, -0.2) is 8.42 Å². The predicted molar refractivity (Wildman–Crippen MR) is 75.0 cm³/mol. The molecule has 112 valence electrons. The highest BCUT2D eigenvalue weighted by molar-refractivity contribution is 7.91. The maximum Gasteiger partial charge on any atom is 0.317 e. The number of aliphatic carboxylic acids is 1. The first-order chi connectivity index (χ1) is 8.89. The second-order valence-corrected chi connectivity index (χ2v) is 7.56. The first kappa shape index (κ1) is 16.4. The highest BCUT2D eigenvalue weighted by Gasteiger charge is 2.35. The standard InChI is InChI=1S/C13H25NO4S/c1-3-5-6-11(4-2)14(9-13(15)16)12-7-8-19(17,18)10-12/h11-12H,3-10H2,1-2H3,(H,15,16). The van der Waals surface area contributed by atoms with Gasteiger partial charge in [-0.3, -0.25) is 9.69 Å². The van der Waals surface area contributed by atoms with E-state index in [1.807, 2.05) is 11.8 Å². The molecule has 1 aliphatic heterocycles. The Morgan fingerprint density at radius 3 is 2.53 bits per heavy atom. The minimum absolute atomic E-state index is 0.0532. The van der Waals surface area contributed by atoms with E-state index in [4.69, 9.17) is 5.11 Å². The summed E-state index contributed by atoms with van der Waals surface area (Å²) >= 11 is 0. The maximum absolute atomic E-state index is 11.6. The molecule has 1 fully saturated rings. The van der Waals surface area contributed by atoms with Gasteiger partial charge >= 0.3 is 5.97 Å². The molecule has 1 N–H and O–H groups in total. The van der Waals surface area contributed by atoms with Crippen LogP contribution in [0.3, 0.4) is 0 Å². The topological polar surface area (TPSA) is 74.7 Å². The lowest BCUT2D eigenvalue weighted by atomic mass is 10.0. The quantitative estimate of drug-likeness (QED) is 0.734. The van der Waals surface area contributed by atoms with Crippen molar-refractivity contribution in [3.63, 3.8) is 0 Å². The third-order valence-corrected chi connectivity index (χ3v) is 5.58. The molecule has 1 heterocycles. The summed E-state index contributed by atoms with van der Waals surface area (Å²) in [6.07, 6.45) is 4.49. The number of hydrogen-bond donors (Lipinski definition) is 1. The van der Waals surface area contributed by atoms with Gasteiger partial charge in [0.25, 0.3) is 0 Å². The Morgan fingerprint density at radius 1 is 1.42 bits per heavy atom. The zero-order chi connectivity index (χ0) is 14.5. The molecule has 6 heteroatoms. The van der Waals surface area contributed by atoms with Gasteiger partial charge in [0, 0.05) is 12.1 Å². The van der Waals surface area contributed by atoms with E-state index < -0.39 is 15.8 Å². The molecular formula is C13H25NO4S. The van der Waals surface area contributed by atoms with Crippen LogP contribution in [-0.2, 0) is 14.6 Å². The van der Waals surface area contributed by atoms with Gasteiger partial charge in [-0.2, -0.15) is 0 Å². The summed E-state index contributed by atoms with van der Waals surface area (Å²) in [4.78, 5) is 12.9. The van der Waals surface area contributed by atoms with E-state index in [1.165, 1.54) is 0 Å². The van der Waals surface area contributed by atoms with Gasteiger partial charge in [-0.05, 0) is 19.3 Å². The van der Waals surface area contributed by atoms with Crippen molar-refractivity contribution >= 4 is 15.8 Å². The Labute approximate surface area is 115 Å². The summed E-state index contributed by atoms with van der Waals surface area (Å²) < 4.78 is 23.2. The molecule has 2 unspecified atom stereocenters. The van der Waals surface area contributed by atoms with Crippen molar-refractivity contribution in [1.82, 2.24) is 4.90 Å². The minimum atomic E-state index is -2.97. The fraction of sp³-hybridized carbons (Fsp3) is 0.923. The second-order valence-electron chi connectivity index (χ2n) is 5.33. The lowest BCUT2D eigenvalue weighted by Gasteiger charge is -2.34. The number of sulfone groups is 1. The molecule has 1 saturated heterocycles. The molecule has 0 aliphatic carbocycles. The molecule has 1 aliphatic rings. The molecule has 0 aromatic heterocycles. The fourth-order valence-corrected chi connectivity index (χ4v) is 4.54. The summed E-state index contributed by atoms with van der Waals surface area (Å²) in [6.45, 7) is 4.09. The highest BCUT2D eigenvalue weighted by atomic mass is 32.2. The van der Waals surface area contributed by atoms with Gasteiger partial charge < -0.3 is 5.11 Å². The van der Waals surface area contributed by atoms with E-state index in [0.29, 0.717) is 6.42 Å². The van der Waals surface area contributed by atoms with E-state index in [0.717, 1.165) is 25.7 Å². The zero-order valence-corrected chi connectivity index (χ0v) is 12.7. The number of carboxylic acid groups (broad SMARTS) is 1. The summed E-state index contributed by atoms with van der Waals surface area (Å²) in [5.41, 5.74) is 0. The van der Waals surface area contributed by atoms with E-state index in [1.54, 1.807) is 0 Å². The van der Waals surface area contributed by atoms with Crippen molar-refractivity contribution in [2.45, 2.75) is 58.0 Å². The van der Waals surface area contributed by atoms with Crippen molar-refractivity contribution < 1.29 is 18.3 Å². The van der Waals surface area contributed by atoms with Gasteiger partial charge in [-0.15, -0.1) is 0 Å². The molecule has 0 radical (unpaired) electrons. The Kier molecular flexibility index (Phi) is 6.26. The van der Waals surface area contributed by atoms with Crippen molar-refractivity contribution in [3.05, 3.63) is 0 Å². The Morgan fingerprint density at radius 2 is 2.11 bits per heavy atom. The SMILES string of the molecule is CCCCC(CC)N(CC(=O)O)C1CCS(=O)(=O)C1. The van der Waals surface area contributed by atoms with Gasteiger partial charge in [0.1, 0.15) is 0 Å².